The van der Waals surface area contributed by atoms with Crippen LogP contribution in [0.1, 0.15) is 47.3 Å². The molecule has 0 aliphatic carbocycles. The second-order valence-electron chi connectivity index (χ2n) is 6.69. The maximum Gasteiger partial charge on any atom is 0.310 e. The maximum atomic E-state index is 12.8. The van der Waals surface area contributed by atoms with E-state index in [9.17, 15) is 9.59 Å². The number of hydrogen-bond acceptors (Lipinski definition) is 4. The molecule has 1 aliphatic heterocycles. The van der Waals surface area contributed by atoms with E-state index < -0.39 is 0 Å². The molecule has 2 aromatic rings. The van der Waals surface area contributed by atoms with E-state index in [2.05, 4.69) is 13.8 Å². The molecule has 130 valence electrons. The predicted octanol–water partition coefficient (Wildman–Crippen LogP) is 4.66. The Morgan fingerprint density at radius 1 is 1.16 bits per heavy atom. The topological polar surface area (TPSA) is 43.4 Å². The number of esters is 1. The summed E-state index contributed by atoms with van der Waals surface area (Å²) in [6.07, 6.45) is 1.12. The highest BCUT2D eigenvalue weighted by atomic mass is 32.2. The van der Waals surface area contributed by atoms with Gasteiger partial charge in [0.05, 0.1) is 13.0 Å². The van der Waals surface area contributed by atoms with E-state index >= 15 is 0 Å². The molecule has 3 rings (SSSR count). The highest BCUT2D eigenvalue weighted by molar-refractivity contribution is 7.98. The van der Waals surface area contributed by atoms with Gasteiger partial charge in [-0.2, -0.15) is 0 Å². The van der Waals surface area contributed by atoms with Crippen LogP contribution in [0.4, 0.5) is 0 Å². The minimum Gasteiger partial charge on any atom is -0.465 e. The van der Waals surface area contributed by atoms with Crippen molar-refractivity contribution >= 4 is 23.5 Å². The van der Waals surface area contributed by atoms with Gasteiger partial charge < -0.3 is 4.74 Å². The zero-order valence-electron chi connectivity index (χ0n) is 14.6. The van der Waals surface area contributed by atoms with Gasteiger partial charge in [-0.1, -0.05) is 44.2 Å². The molecule has 0 spiro atoms. The zero-order chi connectivity index (χ0) is 17.8. The lowest BCUT2D eigenvalue weighted by Crippen LogP contribution is -2.11. The van der Waals surface area contributed by atoms with Gasteiger partial charge in [-0.15, -0.1) is 11.8 Å². The molecule has 0 amide bonds. The summed E-state index contributed by atoms with van der Waals surface area (Å²) in [5.74, 6) is 1.12. The Balaban J connectivity index is 1.73. The molecular weight excluding hydrogens is 332 g/mol. The number of rotatable bonds is 5. The first-order valence-corrected chi connectivity index (χ1v) is 9.57. The summed E-state index contributed by atoms with van der Waals surface area (Å²) in [5.41, 5.74) is 3.43. The fraction of sp³-hybridized carbons (Fsp3) is 0.333. The Morgan fingerprint density at radius 3 is 2.76 bits per heavy atom. The number of thioether (sulfide) groups is 1. The zero-order valence-corrected chi connectivity index (χ0v) is 15.4. The first kappa shape index (κ1) is 17.7. The smallest absolute Gasteiger partial charge is 0.310 e. The van der Waals surface area contributed by atoms with Crippen LogP contribution in [0.3, 0.4) is 0 Å². The molecule has 0 atom stereocenters. The van der Waals surface area contributed by atoms with E-state index in [-0.39, 0.29) is 18.2 Å². The van der Waals surface area contributed by atoms with Crippen LogP contribution in [0.25, 0.3) is 0 Å². The van der Waals surface area contributed by atoms with Crippen molar-refractivity contribution in [1.29, 1.82) is 0 Å². The minimum atomic E-state index is -0.214. The molecule has 0 unspecified atom stereocenters. The third-order valence-corrected chi connectivity index (χ3v) is 5.35. The molecule has 0 bridgehead atoms. The highest BCUT2D eigenvalue weighted by Crippen LogP contribution is 2.34. The van der Waals surface area contributed by atoms with Crippen LogP contribution in [0.2, 0.25) is 0 Å². The number of benzene rings is 2. The summed E-state index contributed by atoms with van der Waals surface area (Å²) in [5, 5.41) is 0. The molecular formula is C21H22O3S. The second-order valence-corrected chi connectivity index (χ2v) is 7.70. The van der Waals surface area contributed by atoms with Crippen molar-refractivity contribution in [3.05, 3.63) is 64.7 Å². The summed E-state index contributed by atoms with van der Waals surface area (Å²) < 4.78 is 5.28. The van der Waals surface area contributed by atoms with Gasteiger partial charge in [0, 0.05) is 21.8 Å². The van der Waals surface area contributed by atoms with Gasteiger partial charge in [-0.05, 0) is 35.6 Å². The lowest BCUT2D eigenvalue weighted by molar-refractivity contribution is -0.143. The van der Waals surface area contributed by atoms with Crippen LogP contribution in [-0.2, 0) is 21.7 Å². The number of ether oxygens (including phenoxy) is 1. The molecule has 3 nitrogen and oxygen atoms in total. The Kier molecular flexibility index (Phi) is 5.59. The standard InChI is InChI=1S/C21H22O3S/c1-14(2)9-10-24-20(22)12-15-7-8-18-19(11-15)25-13-16-5-3-4-6-17(16)21(18)23/h3-8,11,14H,9-10,12-13H2,1-2H3. The van der Waals surface area contributed by atoms with Gasteiger partial charge in [0.2, 0.25) is 0 Å². The van der Waals surface area contributed by atoms with Crippen LogP contribution in [0, 0.1) is 5.92 Å². The summed E-state index contributed by atoms with van der Waals surface area (Å²) in [7, 11) is 0. The average molecular weight is 354 g/mol. The Labute approximate surface area is 152 Å². The van der Waals surface area contributed by atoms with Gasteiger partial charge in [-0.25, -0.2) is 0 Å². The largest absolute Gasteiger partial charge is 0.465 e. The number of ketones is 1. The van der Waals surface area contributed by atoms with Crippen molar-refractivity contribution in [1.82, 2.24) is 0 Å². The number of fused-ring (bicyclic) bond motifs is 2. The third kappa shape index (κ3) is 4.31. The summed E-state index contributed by atoms with van der Waals surface area (Å²) in [4.78, 5) is 25.7. The predicted molar refractivity (Wildman–Crippen MR) is 100.0 cm³/mol. The van der Waals surface area contributed by atoms with Gasteiger partial charge >= 0.3 is 5.97 Å². The van der Waals surface area contributed by atoms with Gasteiger partial charge in [0.25, 0.3) is 0 Å². The minimum absolute atomic E-state index is 0.0571. The Morgan fingerprint density at radius 2 is 1.96 bits per heavy atom. The van der Waals surface area contributed by atoms with Crippen molar-refractivity contribution in [2.24, 2.45) is 5.92 Å². The molecule has 0 N–H and O–H groups in total. The van der Waals surface area contributed by atoms with E-state index in [1.54, 1.807) is 11.8 Å². The fourth-order valence-corrected chi connectivity index (χ4v) is 3.89. The fourth-order valence-electron chi connectivity index (χ4n) is 2.78. The summed E-state index contributed by atoms with van der Waals surface area (Å²) in [6.45, 7) is 4.67. The van der Waals surface area contributed by atoms with E-state index in [4.69, 9.17) is 4.74 Å². The SMILES string of the molecule is CC(C)CCOC(=O)Cc1ccc2c(c1)SCc1ccccc1C2=O. The number of hydrogen-bond donors (Lipinski definition) is 0. The van der Waals surface area contributed by atoms with Crippen molar-refractivity contribution in [3.63, 3.8) is 0 Å². The molecule has 0 radical (unpaired) electrons. The molecule has 25 heavy (non-hydrogen) atoms. The van der Waals surface area contributed by atoms with Crippen LogP contribution >= 0.6 is 11.8 Å². The van der Waals surface area contributed by atoms with Crippen LogP contribution in [0.5, 0.6) is 0 Å². The van der Waals surface area contributed by atoms with E-state index in [1.807, 2.05) is 42.5 Å². The number of carbonyl (C=O) groups is 2. The van der Waals surface area contributed by atoms with Gasteiger partial charge in [0.1, 0.15) is 0 Å². The van der Waals surface area contributed by atoms with Gasteiger partial charge in [-0.3, -0.25) is 9.59 Å². The number of carbonyl (C=O) groups excluding carboxylic acids is 2. The van der Waals surface area contributed by atoms with E-state index in [1.165, 1.54) is 0 Å². The van der Waals surface area contributed by atoms with Crippen molar-refractivity contribution in [2.45, 2.75) is 37.3 Å². The second kappa shape index (κ2) is 7.87. The molecule has 0 saturated carbocycles. The van der Waals surface area contributed by atoms with Crippen molar-refractivity contribution in [2.75, 3.05) is 6.61 Å². The molecule has 1 aliphatic rings. The van der Waals surface area contributed by atoms with Crippen LogP contribution in [-0.4, -0.2) is 18.4 Å². The lowest BCUT2D eigenvalue weighted by Gasteiger charge is -2.09. The summed E-state index contributed by atoms with van der Waals surface area (Å²) >= 11 is 1.65. The molecule has 2 aromatic carbocycles. The Bertz CT molecular complexity index is 795. The van der Waals surface area contributed by atoms with E-state index in [0.29, 0.717) is 18.1 Å². The van der Waals surface area contributed by atoms with Crippen molar-refractivity contribution < 1.29 is 14.3 Å². The first-order chi connectivity index (χ1) is 12.0. The first-order valence-electron chi connectivity index (χ1n) is 8.58. The Hall–Kier alpha value is -2.07. The van der Waals surface area contributed by atoms with Gasteiger partial charge in [0.15, 0.2) is 5.78 Å². The molecule has 0 fully saturated rings. The van der Waals surface area contributed by atoms with Crippen molar-refractivity contribution in [3.8, 4) is 0 Å². The van der Waals surface area contributed by atoms with Crippen LogP contribution < -0.4 is 0 Å². The quantitative estimate of drug-likeness (QED) is 0.733. The maximum absolute atomic E-state index is 12.8. The molecule has 1 heterocycles. The third-order valence-electron chi connectivity index (χ3n) is 4.24. The molecule has 0 aromatic heterocycles. The lowest BCUT2D eigenvalue weighted by atomic mass is 9.98. The monoisotopic (exact) mass is 354 g/mol. The highest BCUT2D eigenvalue weighted by Gasteiger charge is 2.21. The average Bonchev–Trinajstić information content (AvgIpc) is 2.72. The van der Waals surface area contributed by atoms with E-state index in [0.717, 1.165) is 33.8 Å². The normalized spacial score (nSPS) is 13.2. The van der Waals surface area contributed by atoms with Crippen LogP contribution in [0.15, 0.2) is 47.4 Å². The molecule has 0 saturated heterocycles. The summed E-state index contributed by atoms with van der Waals surface area (Å²) in [6, 6.07) is 13.4. The molecule has 4 heteroatoms.